The maximum absolute atomic E-state index is 12.6. The van der Waals surface area contributed by atoms with E-state index in [9.17, 15) is 9.59 Å². The van der Waals surface area contributed by atoms with Crippen molar-refractivity contribution in [2.24, 2.45) is 5.92 Å². The standard InChI is InChI=1S/C19H19N3O4/c1-12(15-4-2-3-7-20-15)21-19(24)13-8-18(23)22(10-13)14-5-6-16-17(9-14)26-11-25-16/h2-7,9,12-13H,8,10-11H2,1H3,(H,21,24)/t12-,13-/m0/s1. The molecule has 4 rings (SSSR count). The smallest absolute Gasteiger partial charge is 0.231 e. The number of amides is 2. The van der Waals surface area contributed by atoms with Crippen molar-refractivity contribution in [1.82, 2.24) is 10.3 Å². The lowest BCUT2D eigenvalue weighted by atomic mass is 10.1. The molecule has 1 saturated heterocycles. The largest absolute Gasteiger partial charge is 0.454 e. The van der Waals surface area contributed by atoms with Gasteiger partial charge in [0.2, 0.25) is 18.6 Å². The number of carbonyl (C=O) groups is 2. The zero-order chi connectivity index (χ0) is 18.1. The van der Waals surface area contributed by atoms with Crippen LogP contribution >= 0.6 is 0 Å². The molecule has 7 heteroatoms. The van der Waals surface area contributed by atoms with Crippen molar-refractivity contribution in [2.75, 3.05) is 18.2 Å². The number of ether oxygens (including phenoxy) is 2. The third kappa shape index (κ3) is 3.08. The number of rotatable bonds is 4. The predicted molar refractivity (Wildman–Crippen MR) is 93.8 cm³/mol. The van der Waals surface area contributed by atoms with Crippen LogP contribution in [0.2, 0.25) is 0 Å². The molecule has 0 saturated carbocycles. The fraction of sp³-hybridized carbons (Fsp3) is 0.316. The van der Waals surface area contributed by atoms with Crippen LogP contribution in [0.1, 0.15) is 25.1 Å². The van der Waals surface area contributed by atoms with Crippen molar-refractivity contribution < 1.29 is 19.1 Å². The molecule has 2 aliphatic heterocycles. The molecule has 2 amide bonds. The van der Waals surface area contributed by atoms with Gasteiger partial charge in [-0.2, -0.15) is 0 Å². The van der Waals surface area contributed by atoms with Gasteiger partial charge >= 0.3 is 0 Å². The average Bonchev–Trinajstić information content (AvgIpc) is 3.28. The van der Waals surface area contributed by atoms with E-state index < -0.39 is 0 Å². The van der Waals surface area contributed by atoms with Crippen LogP contribution in [0.5, 0.6) is 11.5 Å². The van der Waals surface area contributed by atoms with Crippen LogP contribution in [0, 0.1) is 5.92 Å². The highest BCUT2D eigenvalue weighted by molar-refractivity contribution is 6.00. The predicted octanol–water partition coefficient (Wildman–Crippen LogP) is 2.04. The lowest BCUT2D eigenvalue weighted by Gasteiger charge is -2.18. The SMILES string of the molecule is C[C@H](NC(=O)[C@H]1CC(=O)N(c2ccc3c(c2)OCO3)C1)c1ccccn1. The van der Waals surface area contributed by atoms with Gasteiger partial charge in [0.15, 0.2) is 11.5 Å². The lowest BCUT2D eigenvalue weighted by Crippen LogP contribution is -2.34. The number of nitrogens with one attached hydrogen (secondary N) is 1. The van der Waals surface area contributed by atoms with E-state index >= 15 is 0 Å². The quantitative estimate of drug-likeness (QED) is 0.910. The van der Waals surface area contributed by atoms with Gasteiger partial charge in [-0.15, -0.1) is 0 Å². The highest BCUT2D eigenvalue weighted by Crippen LogP contribution is 2.37. The number of anilines is 1. The Kier molecular flexibility index (Phi) is 4.20. The first-order valence-corrected chi connectivity index (χ1v) is 8.53. The fourth-order valence-electron chi connectivity index (χ4n) is 3.22. The monoisotopic (exact) mass is 353 g/mol. The van der Waals surface area contributed by atoms with Gasteiger partial charge in [0.05, 0.1) is 17.7 Å². The van der Waals surface area contributed by atoms with Gasteiger partial charge < -0.3 is 19.7 Å². The van der Waals surface area contributed by atoms with E-state index in [4.69, 9.17) is 9.47 Å². The summed E-state index contributed by atoms with van der Waals surface area (Å²) in [5.74, 6) is 0.680. The van der Waals surface area contributed by atoms with Crippen LogP contribution in [-0.4, -0.2) is 30.1 Å². The second-order valence-electron chi connectivity index (χ2n) is 6.43. The van der Waals surface area contributed by atoms with E-state index in [1.807, 2.05) is 31.2 Å². The molecule has 2 aromatic rings. The van der Waals surface area contributed by atoms with E-state index in [1.165, 1.54) is 0 Å². The molecule has 0 aliphatic carbocycles. The first-order valence-electron chi connectivity index (χ1n) is 8.53. The Morgan fingerprint density at radius 2 is 2.12 bits per heavy atom. The van der Waals surface area contributed by atoms with E-state index in [2.05, 4.69) is 10.3 Å². The van der Waals surface area contributed by atoms with Crippen LogP contribution in [0.3, 0.4) is 0 Å². The molecule has 1 N–H and O–H groups in total. The highest BCUT2D eigenvalue weighted by Gasteiger charge is 2.36. The summed E-state index contributed by atoms with van der Waals surface area (Å²) < 4.78 is 10.7. The van der Waals surface area contributed by atoms with Gasteiger partial charge in [0.1, 0.15) is 0 Å². The molecule has 2 atom stereocenters. The van der Waals surface area contributed by atoms with Crippen molar-refractivity contribution in [3.8, 4) is 11.5 Å². The van der Waals surface area contributed by atoms with Crippen molar-refractivity contribution in [1.29, 1.82) is 0 Å². The Hall–Kier alpha value is -3.09. The number of benzene rings is 1. The summed E-state index contributed by atoms with van der Waals surface area (Å²) in [7, 11) is 0. The summed E-state index contributed by atoms with van der Waals surface area (Å²) in [5, 5.41) is 2.95. The maximum Gasteiger partial charge on any atom is 0.231 e. The van der Waals surface area contributed by atoms with Gasteiger partial charge in [-0.25, -0.2) is 0 Å². The zero-order valence-corrected chi connectivity index (χ0v) is 14.3. The molecular weight excluding hydrogens is 334 g/mol. The molecule has 26 heavy (non-hydrogen) atoms. The van der Waals surface area contributed by atoms with E-state index in [0.717, 1.165) is 5.69 Å². The van der Waals surface area contributed by atoms with E-state index in [0.29, 0.717) is 23.7 Å². The summed E-state index contributed by atoms with van der Waals surface area (Å²) in [6, 6.07) is 10.7. The maximum atomic E-state index is 12.6. The van der Waals surface area contributed by atoms with Crippen LogP contribution in [0.15, 0.2) is 42.6 Å². The highest BCUT2D eigenvalue weighted by atomic mass is 16.7. The van der Waals surface area contributed by atoms with Crippen LogP contribution in [0.25, 0.3) is 0 Å². The molecule has 0 bridgehead atoms. The molecule has 7 nitrogen and oxygen atoms in total. The lowest BCUT2D eigenvalue weighted by molar-refractivity contribution is -0.126. The van der Waals surface area contributed by atoms with Crippen molar-refractivity contribution >= 4 is 17.5 Å². The Morgan fingerprint density at radius 1 is 1.27 bits per heavy atom. The third-order valence-electron chi connectivity index (χ3n) is 4.65. The average molecular weight is 353 g/mol. The minimum atomic E-state index is -0.390. The number of aromatic nitrogens is 1. The second-order valence-corrected chi connectivity index (χ2v) is 6.43. The van der Waals surface area contributed by atoms with Crippen LogP contribution < -0.4 is 19.7 Å². The van der Waals surface area contributed by atoms with Gasteiger partial charge in [-0.3, -0.25) is 14.6 Å². The van der Waals surface area contributed by atoms with Crippen molar-refractivity contribution in [3.05, 3.63) is 48.3 Å². The molecule has 1 aromatic carbocycles. The molecule has 2 aliphatic rings. The topological polar surface area (TPSA) is 80.8 Å². The van der Waals surface area contributed by atoms with Gasteiger partial charge in [-0.05, 0) is 31.2 Å². The Labute approximate surface area is 150 Å². The number of pyridine rings is 1. The molecule has 0 radical (unpaired) electrons. The van der Waals surface area contributed by atoms with Gasteiger partial charge in [-0.1, -0.05) is 6.07 Å². The van der Waals surface area contributed by atoms with Crippen LogP contribution in [-0.2, 0) is 9.59 Å². The number of carbonyl (C=O) groups excluding carboxylic acids is 2. The number of hydrogen-bond acceptors (Lipinski definition) is 5. The zero-order valence-electron chi connectivity index (χ0n) is 14.3. The van der Waals surface area contributed by atoms with E-state index in [-0.39, 0.29) is 37.0 Å². The molecule has 1 aromatic heterocycles. The summed E-state index contributed by atoms with van der Waals surface area (Å²) in [6.45, 7) is 2.41. The Bertz CT molecular complexity index is 840. The van der Waals surface area contributed by atoms with E-state index in [1.54, 1.807) is 23.2 Å². The summed E-state index contributed by atoms with van der Waals surface area (Å²) in [6.07, 6.45) is 1.88. The van der Waals surface area contributed by atoms with Crippen LogP contribution in [0.4, 0.5) is 5.69 Å². The van der Waals surface area contributed by atoms with Gasteiger partial charge in [0, 0.05) is 30.9 Å². The first kappa shape index (κ1) is 16.4. The third-order valence-corrected chi connectivity index (χ3v) is 4.65. The number of fused-ring (bicyclic) bond motifs is 1. The van der Waals surface area contributed by atoms with Crippen molar-refractivity contribution in [3.63, 3.8) is 0 Å². The van der Waals surface area contributed by atoms with Gasteiger partial charge in [0.25, 0.3) is 0 Å². The number of nitrogens with zero attached hydrogens (tertiary/aromatic N) is 2. The fourth-order valence-corrected chi connectivity index (χ4v) is 3.22. The normalized spacial score (nSPS) is 19.5. The molecule has 0 unspecified atom stereocenters. The number of hydrogen-bond donors (Lipinski definition) is 1. The minimum Gasteiger partial charge on any atom is -0.454 e. The molecule has 0 spiro atoms. The Morgan fingerprint density at radius 3 is 2.92 bits per heavy atom. The second kappa shape index (κ2) is 6.67. The molecule has 1 fully saturated rings. The molecular formula is C19H19N3O4. The summed E-state index contributed by atoms with van der Waals surface area (Å²) in [4.78, 5) is 30.9. The summed E-state index contributed by atoms with van der Waals surface area (Å²) in [5.41, 5.74) is 1.50. The molecule has 134 valence electrons. The first-order chi connectivity index (χ1) is 12.6. The van der Waals surface area contributed by atoms with Crippen molar-refractivity contribution in [2.45, 2.75) is 19.4 Å². The summed E-state index contributed by atoms with van der Waals surface area (Å²) >= 11 is 0. The molecule has 3 heterocycles. The Balaban J connectivity index is 1.43. The minimum absolute atomic E-state index is 0.0745.